The van der Waals surface area contributed by atoms with Crippen LogP contribution in [0, 0.1) is 0 Å². The highest BCUT2D eigenvalue weighted by Crippen LogP contribution is 2.30. The van der Waals surface area contributed by atoms with Crippen molar-refractivity contribution in [3.63, 3.8) is 0 Å². The second kappa shape index (κ2) is 5.24. The summed E-state index contributed by atoms with van der Waals surface area (Å²) in [7, 11) is 0. The van der Waals surface area contributed by atoms with E-state index in [4.69, 9.17) is 0 Å². The van der Waals surface area contributed by atoms with Crippen LogP contribution in [0.3, 0.4) is 0 Å². The van der Waals surface area contributed by atoms with Crippen molar-refractivity contribution in [1.29, 1.82) is 0 Å². The highest BCUT2D eigenvalue weighted by Gasteiger charge is 2.14. The number of fused-ring (bicyclic) bond motifs is 1. The van der Waals surface area contributed by atoms with E-state index in [0.29, 0.717) is 0 Å². The molecule has 3 heterocycles. The number of aromatic amines is 1. The molecule has 0 radical (unpaired) electrons. The van der Waals surface area contributed by atoms with Crippen molar-refractivity contribution in [3.8, 4) is 11.1 Å². The normalized spacial score (nSPS) is 15.5. The Morgan fingerprint density at radius 2 is 1.81 bits per heavy atom. The highest BCUT2D eigenvalue weighted by atomic mass is 15.1. The maximum absolute atomic E-state index is 4.61. The van der Waals surface area contributed by atoms with Gasteiger partial charge in [-0.1, -0.05) is 30.3 Å². The molecule has 4 rings (SSSR count). The van der Waals surface area contributed by atoms with Crippen LogP contribution in [0.1, 0.15) is 19.3 Å². The minimum Gasteiger partial charge on any atom is -0.370 e. The zero-order valence-corrected chi connectivity index (χ0v) is 12.0. The molecule has 0 aliphatic carbocycles. The number of hydrogen-bond donors (Lipinski definition) is 1. The first-order valence-corrected chi connectivity index (χ1v) is 7.69. The van der Waals surface area contributed by atoms with Crippen LogP contribution in [-0.4, -0.2) is 23.1 Å². The number of pyridine rings is 1. The van der Waals surface area contributed by atoms with Gasteiger partial charge >= 0.3 is 0 Å². The first-order chi connectivity index (χ1) is 10.4. The Kier molecular flexibility index (Phi) is 3.11. The van der Waals surface area contributed by atoms with Gasteiger partial charge in [0.1, 0.15) is 5.65 Å². The summed E-state index contributed by atoms with van der Waals surface area (Å²) in [4.78, 5) is 10.3. The van der Waals surface area contributed by atoms with Crippen LogP contribution in [0.5, 0.6) is 0 Å². The molecule has 1 aromatic carbocycles. The van der Waals surface area contributed by atoms with Crippen molar-refractivity contribution in [2.45, 2.75) is 19.3 Å². The molecule has 21 heavy (non-hydrogen) atoms. The lowest BCUT2D eigenvalue weighted by Crippen LogP contribution is -2.29. The summed E-state index contributed by atoms with van der Waals surface area (Å²) >= 11 is 0. The van der Waals surface area contributed by atoms with Crippen LogP contribution in [0.4, 0.5) is 5.69 Å². The quantitative estimate of drug-likeness (QED) is 0.760. The first-order valence-electron chi connectivity index (χ1n) is 7.69. The molecule has 1 fully saturated rings. The molecular weight excluding hydrogens is 258 g/mol. The Bertz CT molecular complexity index is 740. The van der Waals surface area contributed by atoms with E-state index in [2.05, 4.69) is 57.5 Å². The molecule has 0 bridgehead atoms. The number of benzene rings is 1. The predicted octanol–water partition coefficient (Wildman–Crippen LogP) is 4.22. The minimum absolute atomic E-state index is 0.967. The van der Waals surface area contributed by atoms with E-state index in [9.17, 15) is 0 Å². The number of aromatic nitrogens is 2. The monoisotopic (exact) mass is 277 g/mol. The largest absolute Gasteiger partial charge is 0.370 e. The fourth-order valence-corrected chi connectivity index (χ4v) is 3.17. The molecule has 3 heteroatoms. The molecule has 0 spiro atoms. The molecule has 1 aliphatic heterocycles. The van der Waals surface area contributed by atoms with E-state index in [1.165, 1.54) is 41.5 Å². The molecular formula is C18H19N3. The number of rotatable bonds is 2. The number of H-pyrrole nitrogens is 1. The predicted molar refractivity (Wildman–Crippen MR) is 87.6 cm³/mol. The lowest BCUT2D eigenvalue weighted by Gasteiger charge is -2.28. The van der Waals surface area contributed by atoms with Gasteiger partial charge in [0.25, 0.3) is 0 Å². The smallest absolute Gasteiger partial charge is 0.138 e. The molecule has 0 atom stereocenters. The van der Waals surface area contributed by atoms with Gasteiger partial charge in [-0.3, -0.25) is 0 Å². The lowest BCUT2D eigenvalue weighted by atomic mass is 10.1. The second-order valence-corrected chi connectivity index (χ2v) is 5.71. The Morgan fingerprint density at radius 1 is 1.00 bits per heavy atom. The van der Waals surface area contributed by atoms with E-state index in [0.717, 1.165) is 18.7 Å². The molecule has 106 valence electrons. The number of nitrogens with one attached hydrogen (secondary N) is 1. The fraction of sp³-hybridized carbons (Fsp3) is 0.278. The number of nitrogens with zero attached hydrogens (tertiary/aromatic N) is 2. The zero-order chi connectivity index (χ0) is 14.1. The fourth-order valence-electron chi connectivity index (χ4n) is 3.17. The number of hydrogen-bond acceptors (Lipinski definition) is 2. The van der Waals surface area contributed by atoms with Crippen LogP contribution >= 0.6 is 0 Å². The van der Waals surface area contributed by atoms with Crippen molar-refractivity contribution < 1.29 is 0 Å². The molecule has 3 nitrogen and oxygen atoms in total. The molecule has 3 aromatic rings. The van der Waals surface area contributed by atoms with Crippen molar-refractivity contribution in [2.75, 3.05) is 18.0 Å². The van der Waals surface area contributed by atoms with Gasteiger partial charge in [0.05, 0.1) is 11.9 Å². The summed E-state index contributed by atoms with van der Waals surface area (Å²) in [5.74, 6) is 0. The van der Waals surface area contributed by atoms with Crippen molar-refractivity contribution >= 4 is 16.7 Å². The summed E-state index contributed by atoms with van der Waals surface area (Å²) in [6.45, 7) is 2.30. The van der Waals surface area contributed by atoms with Crippen LogP contribution < -0.4 is 4.90 Å². The van der Waals surface area contributed by atoms with Crippen LogP contribution in [0.25, 0.3) is 22.2 Å². The average Bonchev–Trinajstić information content (AvgIpc) is 2.99. The van der Waals surface area contributed by atoms with E-state index in [1.54, 1.807) is 0 Å². The van der Waals surface area contributed by atoms with Crippen LogP contribution in [0.2, 0.25) is 0 Å². The second-order valence-electron chi connectivity index (χ2n) is 5.71. The first kappa shape index (κ1) is 12.5. The van der Waals surface area contributed by atoms with Crippen LogP contribution in [-0.2, 0) is 0 Å². The Hall–Kier alpha value is -2.29. The van der Waals surface area contributed by atoms with E-state index < -0.39 is 0 Å². The summed E-state index contributed by atoms with van der Waals surface area (Å²) in [6, 6.07) is 12.8. The summed E-state index contributed by atoms with van der Waals surface area (Å²) < 4.78 is 0. The topological polar surface area (TPSA) is 31.9 Å². The summed E-state index contributed by atoms with van der Waals surface area (Å²) in [6.07, 6.45) is 7.99. The van der Waals surface area contributed by atoms with Crippen molar-refractivity contribution in [1.82, 2.24) is 9.97 Å². The SMILES string of the molecule is c1ccc(-c2c[nH]c3ncc(N4CCCCC4)cc23)cc1. The third kappa shape index (κ3) is 2.29. The van der Waals surface area contributed by atoms with Gasteiger partial charge in [-0.15, -0.1) is 0 Å². The maximum Gasteiger partial charge on any atom is 0.138 e. The molecule has 2 aromatic heterocycles. The average molecular weight is 277 g/mol. The van der Waals surface area contributed by atoms with Crippen molar-refractivity contribution in [3.05, 3.63) is 48.8 Å². The van der Waals surface area contributed by atoms with Crippen LogP contribution in [0.15, 0.2) is 48.8 Å². The molecule has 0 saturated carbocycles. The third-order valence-corrected chi connectivity index (χ3v) is 4.32. The molecule has 1 saturated heterocycles. The molecule has 1 aliphatic rings. The lowest BCUT2D eigenvalue weighted by molar-refractivity contribution is 0.577. The van der Waals surface area contributed by atoms with E-state index >= 15 is 0 Å². The minimum atomic E-state index is 0.967. The van der Waals surface area contributed by atoms with Crippen molar-refractivity contribution in [2.24, 2.45) is 0 Å². The molecule has 1 N–H and O–H groups in total. The Morgan fingerprint density at radius 3 is 2.62 bits per heavy atom. The molecule has 0 unspecified atom stereocenters. The van der Waals surface area contributed by atoms with Gasteiger partial charge < -0.3 is 9.88 Å². The van der Waals surface area contributed by atoms with Gasteiger partial charge in [-0.2, -0.15) is 0 Å². The maximum atomic E-state index is 4.61. The van der Waals surface area contributed by atoms with Gasteiger partial charge in [0.15, 0.2) is 0 Å². The third-order valence-electron chi connectivity index (χ3n) is 4.32. The van der Waals surface area contributed by atoms with Gasteiger partial charge in [0.2, 0.25) is 0 Å². The molecule has 0 amide bonds. The summed E-state index contributed by atoms with van der Waals surface area (Å²) in [5.41, 5.74) is 4.69. The van der Waals surface area contributed by atoms with Gasteiger partial charge in [0, 0.05) is 30.2 Å². The number of piperidine rings is 1. The Balaban J connectivity index is 1.79. The zero-order valence-electron chi connectivity index (χ0n) is 12.0. The van der Waals surface area contributed by atoms with E-state index in [-0.39, 0.29) is 0 Å². The highest BCUT2D eigenvalue weighted by molar-refractivity contribution is 5.95. The number of anilines is 1. The van der Waals surface area contributed by atoms with Gasteiger partial charge in [-0.25, -0.2) is 4.98 Å². The Labute approximate surface area is 124 Å². The van der Waals surface area contributed by atoms with E-state index in [1.807, 2.05) is 6.20 Å². The standard InChI is InChI=1S/C18H19N3/c1-3-7-14(8-4-1)17-13-20-18-16(17)11-15(12-19-18)21-9-5-2-6-10-21/h1,3-4,7-8,11-13H,2,5-6,9-10H2,(H,19,20). The van der Waals surface area contributed by atoms with Gasteiger partial charge in [-0.05, 0) is 30.9 Å². The summed E-state index contributed by atoms with van der Waals surface area (Å²) in [5, 5.41) is 1.21.